The number of aromatic nitrogens is 1. The van der Waals surface area contributed by atoms with Gasteiger partial charge in [0.25, 0.3) is 0 Å². The van der Waals surface area contributed by atoms with E-state index in [-0.39, 0.29) is 24.0 Å². The summed E-state index contributed by atoms with van der Waals surface area (Å²) in [5.74, 6) is 0.778. The van der Waals surface area contributed by atoms with E-state index in [1.54, 1.807) is 18.4 Å². The number of hydrogen-bond donors (Lipinski definition) is 2. The van der Waals surface area contributed by atoms with Crippen molar-refractivity contribution in [1.82, 2.24) is 15.6 Å². The fourth-order valence-electron chi connectivity index (χ4n) is 1.65. The molecule has 0 aliphatic heterocycles. The fourth-order valence-corrected chi connectivity index (χ4v) is 2.64. The Kier molecular flexibility index (Phi) is 8.20. The zero-order valence-electron chi connectivity index (χ0n) is 11.9. The number of guanidine groups is 1. The standard InChI is InChI=1S/C14H17BrN4S.HI/c1-10-7-17-13(20-10)9-19-14(16-2)18-8-11-3-5-12(15)6-4-11;/h3-7H,8-9H2,1-2H3,(H2,16,18,19);1H. The highest BCUT2D eigenvalue weighted by atomic mass is 127. The quantitative estimate of drug-likeness (QED) is 0.398. The van der Waals surface area contributed by atoms with Crippen LogP contribution < -0.4 is 10.6 Å². The maximum absolute atomic E-state index is 4.32. The van der Waals surface area contributed by atoms with Crippen LogP contribution in [0.5, 0.6) is 0 Å². The molecule has 0 atom stereocenters. The summed E-state index contributed by atoms with van der Waals surface area (Å²) >= 11 is 5.12. The number of aliphatic imine (C=N–C) groups is 1. The molecule has 0 aliphatic carbocycles. The Bertz CT molecular complexity index is 583. The third-order valence-electron chi connectivity index (χ3n) is 2.67. The predicted molar refractivity (Wildman–Crippen MR) is 103 cm³/mol. The minimum atomic E-state index is 0. The summed E-state index contributed by atoms with van der Waals surface area (Å²) in [6, 6.07) is 8.22. The number of hydrogen-bond acceptors (Lipinski definition) is 3. The summed E-state index contributed by atoms with van der Waals surface area (Å²) in [6.07, 6.45) is 1.89. The molecule has 1 aromatic carbocycles. The molecule has 0 spiro atoms. The van der Waals surface area contributed by atoms with Gasteiger partial charge in [-0.05, 0) is 24.6 Å². The van der Waals surface area contributed by atoms with Crippen molar-refractivity contribution in [2.45, 2.75) is 20.0 Å². The summed E-state index contributed by atoms with van der Waals surface area (Å²) in [6.45, 7) is 3.49. The van der Waals surface area contributed by atoms with Crippen molar-refractivity contribution in [1.29, 1.82) is 0 Å². The number of nitrogens with zero attached hydrogens (tertiary/aromatic N) is 2. The molecule has 0 bridgehead atoms. The second-order valence-electron chi connectivity index (χ2n) is 4.27. The molecule has 0 saturated heterocycles. The first-order valence-corrected chi connectivity index (χ1v) is 7.88. The Hall–Kier alpha value is -0.670. The highest BCUT2D eigenvalue weighted by Crippen LogP contribution is 2.11. The predicted octanol–water partition coefficient (Wildman–Crippen LogP) is 3.70. The number of nitrogens with one attached hydrogen (secondary N) is 2. The number of thiazole rings is 1. The molecule has 0 amide bonds. The normalized spacial score (nSPS) is 10.9. The maximum Gasteiger partial charge on any atom is 0.191 e. The van der Waals surface area contributed by atoms with E-state index in [4.69, 9.17) is 0 Å². The van der Waals surface area contributed by atoms with E-state index in [1.807, 2.05) is 18.3 Å². The van der Waals surface area contributed by atoms with Gasteiger partial charge in [-0.25, -0.2) is 4.98 Å². The zero-order valence-corrected chi connectivity index (χ0v) is 16.6. The fraction of sp³-hybridized carbons (Fsp3) is 0.286. The van der Waals surface area contributed by atoms with E-state index in [0.717, 1.165) is 22.0 Å². The molecule has 7 heteroatoms. The number of benzene rings is 1. The van der Waals surface area contributed by atoms with Crippen molar-refractivity contribution in [3.63, 3.8) is 0 Å². The first-order valence-electron chi connectivity index (χ1n) is 6.27. The van der Waals surface area contributed by atoms with Crippen LogP contribution in [0.15, 0.2) is 39.9 Å². The van der Waals surface area contributed by atoms with Gasteiger partial charge in [0.2, 0.25) is 0 Å². The molecule has 1 aromatic heterocycles. The van der Waals surface area contributed by atoms with Crippen LogP contribution in [0.2, 0.25) is 0 Å². The summed E-state index contributed by atoms with van der Waals surface area (Å²) in [5, 5.41) is 7.60. The van der Waals surface area contributed by atoms with Crippen molar-refractivity contribution in [3.05, 3.63) is 50.4 Å². The molecule has 0 saturated carbocycles. The topological polar surface area (TPSA) is 49.3 Å². The Balaban J connectivity index is 0.00000220. The Morgan fingerprint density at radius 3 is 2.48 bits per heavy atom. The average molecular weight is 481 g/mol. The molecule has 2 rings (SSSR count). The largest absolute Gasteiger partial charge is 0.352 e. The third-order valence-corrected chi connectivity index (χ3v) is 4.11. The van der Waals surface area contributed by atoms with Gasteiger partial charge in [0.15, 0.2) is 5.96 Å². The smallest absolute Gasteiger partial charge is 0.191 e. The summed E-state index contributed by atoms with van der Waals surface area (Å²) in [5.41, 5.74) is 1.21. The van der Waals surface area contributed by atoms with Gasteiger partial charge in [-0.3, -0.25) is 4.99 Å². The lowest BCUT2D eigenvalue weighted by atomic mass is 10.2. The molecule has 21 heavy (non-hydrogen) atoms. The average Bonchev–Trinajstić information content (AvgIpc) is 2.87. The van der Waals surface area contributed by atoms with Gasteiger partial charge in [0, 0.05) is 29.1 Å². The van der Waals surface area contributed by atoms with Crippen LogP contribution in [0.3, 0.4) is 0 Å². The monoisotopic (exact) mass is 480 g/mol. The van der Waals surface area contributed by atoms with E-state index in [1.165, 1.54) is 10.4 Å². The van der Waals surface area contributed by atoms with Gasteiger partial charge in [-0.15, -0.1) is 35.3 Å². The molecule has 1 heterocycles. The second-order valence-corrected chi connectivity index (χ2v) is 6.51. The lowest BCUT2D eigenvalue weighted by molar-refractivity contribution is 0.805. The van der Waals surface area contributed by atoms with E-state index in [2.05, 4.69) is 55.6 Å². The summed E-state index contributed by atoms with van der Waals surface area (Å²) in [7, 11) is 1.77. The van der Waals surface area contributed by atoms with Gasteiger partial charge in [0.1, 0.15) is 5.01 Å². The van der Waals surface area contributed by atoms with Crippen LogP contribution in [-0.2, 0) is 13.1 Å². The molecule has 0 fully saturated rings. The summed E-state index contributed by atoms with van der Waals surface area (Å²) in [4.78, 5) is 9.74. The lowest BCUT2D eigenvalue weighted by Crippen LogP contribution is -2.36. The van der Waals surface area contributed by atoms with Crippen LogP contribution in [-0.4, -0.2) is 18.0 Å². The maximum atomic E-state index is 4.32. The minimum Gasteiger partial charge on any atom is -0.352 e. The SMILES string of the molecule is CN=C(NCc1ccc(Br)cc1)NCc1ncc(C)s1.I. The molecule has 2 N–H and O–H groups in total. The first-order chi connectivity index (χ1) is 9.67. The van der Waals surface area contributed by atoms with Gasteiger partial charge in [-0.1, -0.05) is 28.1 Å². The highest BCUT2D eigenvalue weighted by Gasteiger charge is 2.01. The third kappa shape index (κ3) is 6.31. The van der Waals surface area contributed by atoms with E-state index >= 15 is 0 Å². The van der Waals surface area contributed by atoms with Crippen LogP contribution in [0.1, 0.15) is 15.4 Å². The van der Waals surface area contributed by atoms with Crippen LogP contribution >= 0.6 is 51.2 Å². The second kappa shape index (κ2) is 9.37. The molecule has 0 unspecified atom stereocenters. The Morgan fingerprint density at radius 2 is 1.90 bits per heavy atom. The number of halogens is 2. The zero-order chi connectivity index (χ0) is 14.4. The molecular weight excluding hydrogens is 463 g/mol. The van der Waals surface area contributed by atoms with Gasteiger partial charge in [0.05, 0.1) is 6.54 Å². The number of rotatable bonds is 4. The summed E-state index contributed by atoms with van der Waals surface area (Å²) < 4.78 is 1.09. The van der Waals surface area contributed by atoms with Crippen molar-refractivity contribution in [2.75, 3.05) is 7.05 Å². The van der Waals surface area contributed by atoms with Crippen LogP contribution in [0.25, 0.3) is 0 Å². The highest BCUT2D eigenvalue weighted by molar-refractivity contribution is 14.0. The van der Waals surface area contributed by atoms with E-state index < -0.39 is 0 Å². The first kappa shape index (κ1) is 18.4. The molecule has 4 nitrogen and oxygen atoms in total. The Morgan fingerprint density at radius 1 is 1.24 bits per heavy atom. The molecule has 0 radical (unpaired) electrons. The molecule has 0 aliphatic rings. The molecular formula is C14H18BrIN4S. The van der Waals surface area contributed by atoms with Gasteiger partial charge in [-0.2, -0.15) is 0 Å². The van der Waals surface area contributed by atoms with E-state index in [0.29, 0.717) is 6.54 Å². The number of aryl methyl sites for hydroxylation is 1. The van der Waals surface area contributed by atoms with Crippen molar-refractivity contribution in [2.24, 2.45) is 4.99 Å². The molecule has 114 valence electrons. The van der Waals surface area contributed by atoms with Crippen LogP contribution in [0, 0.1) is 6.92 Å². The van der Waals surface area contributed by atoms with Crippen LogP contribution in [0.4, 0.5) is 0 Å². The van der Waals surface area contributed by atoms with Crippen molar-refractivity contribution in [3.8, 4) is 0 Å². The van der Waals surface area contributed by atoms with Crippen molar-refractivity contribution >= 4 is 57.2 Å². The minimum absolute atomic E-state index is 0. The Labute approximate surface area is 154 Å². The van der Waals surface area contributed by atoms with Gasteiger partial charge >= 0.3 is 0 Å². The van der Waals surface area contributed by atoms with Gasteiger partial charge < -0.3 is 10.6 Å². The lowest BCUT2D eigenvalue weighted by Gasteiger charge is -2.11. The van der Waals surface area contributed by atoms with E-state index in [9.17, 15) is 0 Å². The molecule has 2 aromatic rings. The van der Waals surface area contributed by atoms with Crippen molar-refractivity contribution < 1.29 is 0 Å².